The first-order valence-corrected chi connectivity index (χ1v) is 6.68. The molecule has 0 aromatic heterocycles. The second-order valence-electron chi connectivity index (χ2n) is 4.17. The molecule has 0 bridgehead atoms. The van der Waals surface area contributed by atoms with Crippen LogP contribution in [-0.2, 0) is 11.2 Å². The average Bonchev–Trinajstić information content (AvgIpc) is 2.43. The lowest BCUT2D eigenvalue weighted by Crippen LogP contribution is -2.03. The maximum absolute atomic E-state index is 10.8. The Morgan fingerprint density at radius 1 is 1.20 bits per heavy atom. The van der Waals surface area contributed by atoms with Crippen molar-refractivity contribution in [3.63, 3.8) is 0 Å². The Morgan fingerprint density at radius 3 is 2.45 bits per heavy atom. The third-order valence-electron chi connectivity index (χ3n) is 2.68. The summed E-state index contributed by atoms with van der Waals surface area (Å²) in [5.74, 6) is -0.905. The molecular weight excluding hydrogens is 272 g/mol. The number of nitrogens with two attached hydrogens (primary N) is 1. The number of hydrogen-bond acceptors (Lipinski definition) is 4. The number of carbonyl (C=O) groups is 1. The number of benzene rings is 2. The van der Waals surface area contributed by atoms with E-state index in [1.807, 2.05) is 18.2 Å². The summed E-state index contributed by atoms with van der Waals surface area (Å²) < 4.78 is 0. The first-order valence-electron chi connectivity index (χ1n) is 5.86. The third-order valence-corrected chi connectivity index (χ3v) is 3.67. The Balaban J connectivity index is 2.20. The molecule has 20 heavy (non-hydrogen) atoms. The lowest BCUT2D eigenvalue weighted by atomic mass is 10.1. The number of nitriles is 1. The molecular formula is C15H12N2O2S. The van der Waals surface area contributed by atoms with Crippen molar-refractivity contribution >= 4 is 23.4 Å². The summed E-state index contributed by atoms with van der Waals surface area (Å²) in [6.45, 7) is 0. The fourth-order valence-corrected chi connectivity index (χ4v) is 2.58. The molecule has 0 fully saturated rings. The molecule has 0 aliphatic heterocycles. The number of nitrogen functional groups attached to an aromatic ring is 1. The van der Waals surface area contributed by atoms with Gasteiger partial charge in [-0.1, -0.05) is 11.8 Å². The number of rotatable bonds is 4. The zero-order valence-electron chi connectivity index (χ0n) is 10.5. The number of anilines is 1. The van der Waals surface area contributed by atoms with Crippen LogP contribution in [0.3, 0.4) is 0 Å². The van der Waals surface area contributed by atoms with E-state index in [0.29, 0.717) is 16.8 Å². The van der Waals surface area contributed by atoms with E-state index < -0.39 is 5.97 Å². The Morgan fingerprint density at radius 2 is 1.85 bits per heavy atom. The predicted octanol–water partition coefficient (Wildman–Crippen LogP) is 2.92. The first-order chi connectivity index (χ1) is 9.58. The molecule has 0 spiro atoms. The van der Waals surface area contributed by atoms with E-state index >= 15 is 0 Å². The molecule has 4 nitrogen and oxygen atoms in total. The van der Waals surface area contributed by atoms with Crippen LogP contribution in [0.15, 0.2) is 52.3 Å². The SMILES string of the molecule is N#Cc1ccc(Sc2ccc(N)c(CC(=O)O)c2)cc1. The van der Waals surface area contributed by atoms with Crippen molar-refractivity contribution in [2.45, 2.75) is 16.2 Å². The minimum Gasteiger partial charge on any atom is -0.481 e. The van der Waals surface area contributed by atoms with Gasteiger partial charge in [-0.3, -0.25) is 4.79 Å². The van der Waals surface area contributed by atoms with Crippen LogP contribution in [0.2, 0.25) is 0 Å². The van der Waals surface area contributed by atoms with Gasteiger partial charge in [-0.2, -0.15) is 5.26 Å². The number of carboxylic acid groups (broad SMARTS) is 1. The van der Waals surface area contributed by atoms with Crippen molar-refractivity contribution in [1.82, 2.24) is 0 Å². The van der Waals surface area contributed by atoms with Crippen LogP contribution in [0.5, 0.6) is 0 Å². The van der Waals surface area contributed by atoms with Gasteiger partial charge in [-0.05, 0) is 48.0 Å². The van der Waals surface area contributed by atoms with E-state index in [2.05, 4.69) is 6.07 Å². The summed E-state index contributed by atoms with van der Waals surface area (Å²) in [4.78, 5) is 12.7. The highest BCUT2D eigenvalue weighted by atomic mass is 32.2. The molecule has 0 heterocycles. The summed E-state index contributed by atoms with van der Waals surface area (Å²) in [6, 6.07) is 14.6. The molecule has 0 radical (unpaired) electrons. The molecule has 0 amide bonds. The standard InChI is InChI=1S/C15H12N2O2S/c16-9-10-1-3-12(4-2-10)20-13-5-6-14(17)11(7-13)8-15(18)19/h1-7H,8,17H2,(H,18,19). The molecule has 2 aromatic carbocycles. The van der Waals surface area contributed by atoms with Crippen molar-refractivity contribution in [2.24, 2.45) is 0 Å². The monoisotopic (exact) mass is 284 g/mol. The van der Waals surface area contributed by atoms with Gasteiger partial charge in [0.25, 0.3) is 0 Å². The van der Waals surface area contributed by atoms with E-state index in [1.54, 1.807) is 24.3 Å². The minimum absolute atomic E-state index is 0.0897. The van der Waals surface area contributed by atoms with Crippen LogP contribution in [0, 0.1) is 11.3 Å². The van der Waals surface area contributed by atoms with Gasteiger partial charge in [0.15, 0.2) is 0 Å². The lowest BCUT2D eigenvalue weighted by molar-refractivity contribution is -0.136. The van der Waals surface area contributed by atoms with E-state index in [-0.39, 0.29) is 6.42 Å². The van der Waals surface area contributed by atoms with Crippen LogP contribution in [0.4, 0.5) is 5.69 Å². The summed E-state index contributed by atoms with van der Waals surface area (Å²) >= 11 is 1.50. The largest absolute Gasteiger partial charge is 0.481 e. The Bertz CT molecular complexity index is 675. The van der Waals surface area contributed by atoms with Crippen molar-refractivity contribution in [3.05, 3.63) is 53.6 Å². The summed E-state index contributed by atoms with van der Waals surface area (Å²) in [5, 5.41) is 17.6. The van der Waals surface area contributed by atoms with Gasteiger partial charge in [0.2, 0.25) is 0 Å². The Hall–Kier alpha value is -2.45. The van der Waals surface area contributed by atoms with Gasteiger partial charge < -0.3 is 10.8 Å². The van der Waals surface area contributed by atoms with Crippen LogP contribution in [-0.4, -0.2) is 11.1 Å². The fraction of sp³-hybridized carbons (Fsp3) is 0.0667. The molecule has 0 atom stereocenters. The number of carboxylic acids is 1. The molecule has 2 rings (SSSR count). The normalized spacial score (nSPS) is 9.95. The maximum Gasteiger partial charge on any atom is 0.307 e. The molecule has 0 saturated heterocycles. The zero-order valence-corrected chi connectivity index (χ0v) is 11.4. The van der Waals surface area contributed by atoms with Crippen LogP contribution >= 0.6 is 11.8 Å². The summed E-state index contributed by atoms with van der Waals surface area (Å²) in [6.07, 6.45) is -0.0897. The minimum atomic E-state index is -0.905. The second kappa shape index (κ2) is 6.13. The van der Waals surface area contributed by atoms with Gasteiger partial charge in [-0.25, -0.2) is 0 Å². The zero-order chi connectivity index (χ0) is 14.5. The molecule has 5 heteroatoms. The van der Waals surface area contributed by atoms with E-state index in [0.717, 1.165) is 9.79 Å². The third kappa shape index (κ3) is 3.53. The van der Waals surface area contributed by atoms with Crippen molar-refractivity contribution in [2.75, 3.05) is 5.73 Å². The molecule has 0 unspecified atom stereocenters. The van der Waals surface area contributed by atoms with Gasteiger partial charge >= 0.3 is 5.97 Å². The first kappa shape index (κ1) is 14.0. The van der Waals surface area contributed by atoms with Gasteiger partial charge in [0.1, 0.15) is 0 Å². The average molecular weight is 284 g/mol. The molecule has 0 aliphatic rings. The molecule has 2 aromatic rings. The van der Waals surface area contributed by atoms with Crippen molar-refractivity contribution < 1.29 is 9.90 Å². The van der Waals surface area contributed by atoms with E-state index in [1.165, 1.54) is 11.8 Å². The quantitative estimate of drug-likeness (QED) is 0.843. The van der Waals surface area contributed by atoms with Gasteiger partial charge in [0.05, 0.1) is 18.1 Å². The van der Waals surface area contributed by atoms with Crippen molar-refractivity contribution in [3.8, 4) is 6.07 Å². The Kier molecular flexibility index (Phi) is 4.28. The maximum atomic E-state index is 10.8. The summed E-state index contributed by atoms with van der Waals surface area (Å²) in [7, 11) is 0. The number of nitrogens with zero attached hydrogens (tertiary/aromatic N) is 1. The molecule has 0 aliphatic carbocycles. The smallest absolute Gasteiger partial charge is 0.307 e. The number of hydrogen-bond donors (Lipinski definition) is 2. The second-order valence-corrected chi connectivity index (χ2v) is 5.32. The molecule has 100 valence electrons. The van der Waals surface area contributed by atoms with Crippen LogP contribution < -0.4 is 5.73 Å². The molecule has 0 saturated carbocycles. The highest BCUT2D eigenvalue weighted by Crippen LogP contribution is 2.30. The molecule has 3 N–H and O–H groups in total. The highest BCUT2D eigenvalue weighted by molar-refractivity contribution is 7.99. The van der Waals surface area contributed by atoms with Crippen LogP contribution in [0.25, 0.3) is 0 Å². The fourth-order valence-electron chi connectivity index (χ4n) is 1.70. The highest BCUT2D eigenvalue weighted by Gasteiger charge is 2.07. The van der Waals surface area contributed by atoms with E-state index in [4.69, 9.17) is 16.1 Å². The summed E-state index contributed by atoms with van der Waals surface area (Å²) in [5.41, 5.74) is 7.46. The van der Waals surface area contributed by atoms with Gasteiger partial charge in [-0.15, -0.1) is 0 Å². The number of aliphatic carboxylic acids is 1. The van der Waals surface area contributed by atoms with Crippen molar-refractivity contribution in [1.29, 1.82) is 5.26 Å². The predicted molar refractivity (Wildman–Crippen MR) is 77.5 cm³/mol. The topological polar surface area (TPSA) is 87.1 Å². The Labute approximate surface area is 120 Å². The van der Waals surface area contributed by atoms with E-state index in [9.17, 15) is 4.79 Å². The lowest BCUT2D eigenvalue weighted by Gasteiger charge is -2.07. The van der Waals surface area contributed by atoms with Gasteiger partial charge in [0, 0.05) is 15.5 Å². The van der Waals surface area contributed by atoms with Crippen LogP contribution in [0.1, 0.15) is 11.1 Å².